The third-order valence-corrected chi connectivity index (χ3v) is 4.16. The zero-order chi connectivity index (χ0) is 16.2. The maximum absolute atomic E-state index is 13.2. The van der Waals surface area contributed by atoms with Crippen LogP contribution in [0.25, 0.3) is 23.4 Å². The van der Waals surface area contributed by atoms with Crippen LogP contribution in [-0.4, -0.2) is 16.1 Å². The van der Waals surface area contributed by atoms with Gasteiger partial charge in [0.15, 0.2) is 0 Å². The van der Waals surface area contributed by atoms with Crippen LogP contribution < -0.4 is 0 Å². The first kappa shape index (κ1) is 15.1. The molecule has 3 aromatic rings. The molecular weight excluding hydrogens is 313 g/mol. The Balaban J connectivity index is 1.97. The van der Waals surface area contributed by atoms with Crippen LogP contribution in [0.1, 0.15) is 20.2 Å². The predicted molar refractivity (Wildman–Crippen MR) is 89.8 cm³/mol. The molecule has 0 amide bonds. The molecule has 0 atom stereocenters. The van der Waals surface area contributed by atoms with E-state index in [0.717, 1.165) is 16.9 Å². The van der Waals surface area contributed by atoms with Crippen LogP contribution in [0.2, 0.25) is 0 Å². The molecule has 0 spiro atoms. The minimum Gasteiger partial charge on any atom is -0.477 e. The van der Waals surface area contributed by atoms with Crippen molar-refractivity contribution in [2.24, 2.45) is 0 Å². The standard InChI is InChI=1S/C18H12FNO2S/c19-14-8-4-5-12(11-14)9-10-15-20-16(17(23-15)18(21)22)13-6-2-1-3-7-13/h1-11H,(H,21,22)/b10-9+. The third kappa shape index (κ3) is 3.52. The first-order valence-corrected chi connectivity index (χ1v) is 7.68. The highest BCUT2D eigenvalue weighted by Gasteiger charge is 2.17. The second-order valence-corrected chi connectivity index (χ2v) is 5.82. The maximum atomic E-state index is 13.2. The van der Waals surface area contributed by atoms with Gasteiger partial charge in [-0.3, -0.25) is 0 Å². The molecule has 0 aliphatic carbocycles. The van der Waals surface area contributed by atoms with Gasteiger partial charge in [0.1, 0.15) is 15.7 Å². The number of thiazole rings is 1. The lowest BCUT2D eigenvalue weighted by Crippen LogP contribution is -1.95. The summed E-state index contributed by atoms with van der Waals surface area (Å²) in [5, 5.41) is 9.92. The Morgan fingerprint density at radius 1 is 1.09 bits per heavy atom. The maximum Gasteiger partial charge on any atom is 0.348 e. The number of carbonyl (C=O) groups is 1. The number of benzene rings is 2. The number of hydrogen-bond acceptors (Lipinski definition) is 3. The summed E-state index contributed by atoms with van der Waals surface area (Å²) in [5.74, 6) is -1.32. The molecule has 0 saturated heterocycles. The fraction of sp³-hybridized carbons (Fsp3) is 0. The molecule has 2 aromatic carbocycles. The molecule has 23 heavy (non-hydrogen) atoms. The highest BCUT2D eigenvalue weighted by molar-refractivity contribution is 7.15. The van der Waals surface area contributed by atoms with E-state index in [1.807, 2.05) is 30.3 Å². The van der Waals surface area contributed by atoms with Gasteiger partial charge in [0, 0.05) is 5.56 Å². The highest BCUT2D eigenvalue weighted by Crippen LogP contribution is 2.29. The molecule has 0 fully saturated rings. The zero-order valence-corrected chi connectivity index (χ0v) is 12.8. The molecular formula is C18H12FNO2S. The van der Waals surface area contributed by atoms with Crippen molar-refractivity contribution in [1.29, 1.82) is 0 Å². The van der Waals surface area contributed by atoms with Crippen molar-refractivity contribution in [3.63, 3.8) is 0 Å². The average Bonchev–Trinajstić information content (AvgIpc) is 2.98. The van der Waals surface area contributed by atoms with Crippen LogP contribution in [0.5, 0.6) is 0 Å². The molecule has 0 aliphatic heterocycles. The van der Waals surface area contributed by atoms with Crippen LogP contribution >= 0.6 is 11.3 Å². The number of rotatable bonds is 4. The summed E-state index contributed by atoms with van der Waals surface area (Å²) in [7, 11) is 0. The van der Waals surface area contributed by atoms with Crippen LogP contribution in [0.3, 0.4) is 0 Å². The molecule has 1 aromatic heterocycles. The van der Waals surface area contributed by atoms with Crippen LogP contribution in [-0.2, 0) is 0 Å². The summed E-state index contributed by atoms with van der Waals surface area (Å²) >= 11 is 1.09. The lowest BCUT2D eigenvalue weighted by molar-refractivity contribution is 0.0702. The Labute approximate surface area is 136 Å². The van der Waals surface area contributed by atoms with E-state index in [2.05, 4.69) is 4.98 Å². The number of nitrogens with zero attached hydrogens (tertiary/aromatic N) is 1. The lowest BCUT2D eigenvalue weighted by atomic mass is 10.1. The monoisotopic (exact) mass is 325 g/mol. The molecule has 0 unspecified atom stereocenters. The molecule has 1 N–H and O–H groups in total. The average molecular weight is 325 g/mol. The predicted octanol–water partition coefficient (Wildman–Crippen LogP) is 4.82. The molecule has 0 bridgehead atoms. The Kier molecular flexibility index (Phi) is 4.30. The third-order valence-electron chi connectivity index (χ3n) is 3.15. The van der Waals surface area contributed by atoms with E-state index < -0.39 is 5.97 Å². The fourth-order valence-electron chi connectivity index (χ4n) is 2.12. The molecule has 3 nitrogen and oxygen atoms in total. The number of halogens is 1. The van der Waals surface area contributed by atoms with Gasteiger partial charge in [0.2, 0.25) is 0 Å². The van der Waals surface area contributed by atoms with Gasteiger partial charge < -0.3 is 5.11 Å². The van der Waals surface area contributed by atoms with Gasteiger partial charge in [-0.2, -0.15) is 0 Å². The zero-order valence-electron chi connectivity index (χ0n) is 11.9. The smallest absolute Gasteiger partial charge is 0.348 e. The summed E-state index contributed by atoms with van der Waals surface area (Å²) in [5.41, 5.74) is 1.90. The second kappa shape index (κ2) is 6.54. The quantitative estimate of drug-likeness (QED) is 0.748. The Hall–Kier alpha value is -2.79. The van der Waals surface area contributed by atoms with Crippen molar-refractivity contribution in [3.8, 4) is 11.3 Å². The van der Waals surface area contributed by atoms with Gasteiger partial charge in [-0.05, 0) is 23.8 Å². The Bertz CT molecular complexity index is 872. The van der Waals surface area contributed by atoms with Crippen molar-refractivity contribution >= 4 is 29.5 Å². The molecule has 3 rings (SSSR count). The van der Waals surface area contributed by atoms with E-state index in [0.29, 0.717) is 16.3 Å². The first-order chi connectivity index (χ1) is 11.1. The molecule has 0 aliphatic rings. The minimum atomic E-state index is -1.01. The molecule has 114 valence electrons. The second-order valence-electron chi connectivity index (χ2n) is 4.79. The fourth-order valence-corrected chi connectivity index (χ4v) is 2.95. The van der Waals surface area contributed by atoms with E-state index in [4.69, 9.17) is 0 Å². The molecule has 0 saturated carbocycles. The summed E-state index contributed by atoms with van der Waals surface area (Å²) in [4.78, 5) is 16.0. The van der Waals surface area contributed by atoms with Crippen molar-refractivity contribution in [2.45, 2.75) is 0 Å². The number of aromatic nitrogens is 1. The van der Waals surface area contributed by atoms with Crippen molar-refractivity contribution in [3.05, 3.63) is 75.9 Å². The van der Waals surface area contributed by atoms with E-state index in [1.54, 1.807) is 24.3 Å². The molecule has 5 heteroatoms. The van der Waals surface area contributed by atoms with Crippen LogP contribution in [0, 0.1) is 5.82 Å². The van der Waals surface area contributed by atoms with Crippen molar-refractivity contribution in [2.75, 3.05) is 0 Å². The summed E-state index contributed by atoms with van der Waals surface area (Å²) < 4.78 is 13.2. The van der Waals surface area contributed by atoms with E-state index in [9.17, 15) is 14.3 Å². The topological polar surface area (TPSA) is 50.2 Å². The van der Waals surface area contributed by atoms with Gasteiger partial charge in [-0.25, -0.2) is 14.2 Å². The number of hydrogen-bond donors (Lipinski definition) is 1. The van der Waals surface area contributed by atoms with Gasteiger partial charge in [0.25, 0.3) is 0 Å². The minimum absolute atomic E-state index is 0.190. The lowest BCUT2D eigenvalue weighted by Gasteiger charge is -1.97. The molecule has 1 heterocycles. The van der Waals surface area contributed by atoms with Crippen molar-refractivity contribution < 1.29 is 14.3 Å². The summed E-state index contributed by atoms with van der Waals surface area (Å²) in [6.45, 7) is 0. The molecule has 0 radical (unpaired) electrons. The Morgan fingerprint density at radius 2 is 1.87 bits per heavy atom. The van der Waals surface area contributed by atoms with Gasteiger partial charge in [0.05, 0.1) is 5.69 Å². The number of aromatic carboxylic acids is 1. The largest absolute Gasteiger partial charge is 0.477 e. The van der Waals surface area contributed by atoms with Crippen LogP contribution in [0.4, 0.5) is 4.39 Å². The van der Waals surface area contributed by atoms with E-state index in [1.165, 1.54) is 12.1 Å². The first-order valence-electron chi connectivity index (χ1n) is 6.86. The van der Waals surface area contributed by atoms with Gasteiger partial charge in [-0.15, -0.1) is 11.3 Å². The SMILES string of the molecule is O=C(O)c1sc(/C=C/c2cccc(F)c2)nc1-c1ccccc1. The van der Waals surface area contributed by atoms with E-state index in [-0.39, 0.29) is 10.7 Å². The number of carboxylic acid groups (broad SMARTS) is 1. The summed E-state index contributed by atoms with van der Waals surface area (Å²) in [6.07, 6.45) is 3.40. The van der Waals surface area contributed by atoms with Crippen LogP contribution in [0.15, 0.2) is 54.6 Å². The van der Waals surface area contributed by atoms with Crippen molar-refractivity contribution in [1.82, 2.24) is 4.98 Å². The van der Waals surface area contributed by atoms with Gasteiger partial charge >= 0.3 is 5.97 Å². The number of carboxylic acids is 1. The normalized spacial score (nSPS) is 11.0. The van der Waals surface area contributed by atoms with E-state index >= 15 is 0 Å². The Morgan fingerprint density at radius 3 is 2.57 bits per heavy atom. The summed E-state index contributed by atoms with van der Waals surface area (Å²) in [6, 6.07) is 15.3. The van der Waals surface area contributed by atoms with Gasteiger partial charge in [-0.1, -0.05) is 48.5 Å². The highest BCUT2D eigenvalue weighted by atomic mass is 32.1.